The SMILES string of the molecule is Cc1cccc2cc(C(C)NC(=O)OC(C)(C)C)c(N3CCOCC3)nc12. The van der Waals surface area contributed by atoms with Crippen molar-refractivity contribution >= 4 is 22.8 Å². The number of aromatic nitrogens is 1. The number of aryl methyl sites for hydroxylation is 1. The predicted octanol–water partition coefficient (Wildman–Crippen LogP) is 3.97. The lowest BCUT2D eigenvalue weighted by atomic mass is 10.0. The zero-order valence-electron chi connectivity index (χ0n) is 16.8. The quantitative estimate of drug-likeness (QED) is 0.885. The summed E-state index contributed by atoms with van der Waals surface area (Å²) in [7, 11) is 0. The highest BCUT2D eigenvalue weighted by Gasteiger charge is 2.24. The molecule has 146 valence electrons. The van der Waals surface area contributed by atoms with E-state index in [9.17, 15) is 4.79 Å². The molecule has 1 atom stereocenters. The highest BCUT2D eigenvalue weighted by Crippen LogP contribution is 2.30. The minimum atomic E-state index is -0.532. The first-order valence-corrected chi connectivity index (χ1v) is 9.47. The third-order valence-electron chi connectivity index (χ3n) is 4.57. The van der Waals surface area contributed by atoms with Crippen LogP contribution in [0, 0.1) is 6.92 Å². The van der Waals surface area contributed by atoms with Crippen molar-refractivity contribution in [3.05, 3.63) is 35.4 Å². The van der Waals surface area contributed by atoms with Gasteiger partial charge in [0.25, 0.3) is 0 Å². The summed E-state index contributed by atoms with van der Waals surface area (Å²) in [5, 5.41) is 4.02. The Morgan fingerprint density at radius 2 is 2.00 bits per heavy atom. The van der Waals surface area contributed by atoms with Gasteiger partial charge in [-0.25, -0.2) is 9.78 Å². The maximum atomic E-state index is 12.3. The molecule has 1 aromatic carbocycles. The summed E-state index contributed by atoms with van der Waals surface area (Å²) < 4.78 is 10.9. The number of hydrogen-bond donors (Lipinski definition) is 1. The van der Waals surface area contributed by atoms with E-state index in [1.807, 2.05) is 33.8 Å². The van der Waals surface area contributed by atoms with E-state index in [2.05, 4.69) is 35.3 Å². The Labute approximate surface area is 160 Å². The molecule has 1 N–H and O–H groups in total. The normalized spacial score (nSPS) is 16.3. The van der Waals surface area contributed by atoms with E-state index >= 15 is 0 Å². The van der Waals surface area contributed by atoms with Gasteiger partial charge in [-0.2, -0.15) is 0 Å². The van der Waals surface area contributed by atoms with Crippen LogP contribution < -0.4 is 10.2 Å². The largest absolute Gasteiger partial charge is 0.444 e. The molecule has 1 amide bonds. The number of amides is 1. The number of pyridine rings is 1. The molecule has 27 heavy (non-hydrogen) atoms. The smallest absolute Gasteiger partial charge is 0.408 e. The second-order valence-electron chi connectivity index (χ2n) is 8.02. The predicted molar refractivity (Wildman–Crippen MR) is 107 cm³/mol. The summed E-state index contributed by atoms with van der Waals surface area (Å²) in [6.45, 7) is 12.5. The van der Waals surface area contributed by atoms with Crippen LogP contribution in [0.25, 0.3) is 10.9 Å². The minimum absolute atomic E-state index is 0.227. The molecule has 0 bridgehead atoms. The second-order valence-corrected chi connectivity index (χ2v) is 8.02. The molecule has 0 saturated carbocycles. The number of benzene rings is 1. The molecule has 0 aliphatic carbocycles. The first-order valence-electron chi connectivity index (χ1n) is 9.47. The van der Waals surface area contributed by atoms with Crippen LogP contribution in [-0.4, -0.2) is 43.0 Å². The van der Waals surface area contributed by atoms with Crippen LogP contribution in [0.3, 0.4) is 0 Å². The van der Waals surface area contributed by atoms with Gasteiger partial charge in [-0.15, -0.1) is 0 Å². The van der Waals surface area contributed by atoms with Gasteiger partial charge in [0.15, 0.2) is 0 Å². The summed E-state index contributed by atoms with van der Waals surface area (Å²) >= 11 is 0. The van der Waals surface area contributed by atoms with E-state index in [1.165, 1.54) is 0 Å². The van der Waals surface area contributed by atoms with Gasteiger partial charge >= 0.3 is 6.09 Å². The third kappa shape index (κ3) is 4.69. The number of rotatable bonds is 3. The second kappa shape index (κ2) is 7.72. The molecule has 1 unspecified atom stereocenters. The average molecular weight is 371 g/mol. The van der Waals surface area contributed by atoms with Gasteiger partial charge in [0.1, 0.15) is 11.4 Å². The van der Waals surface area contributed by atoms with E-state index < -0.39 is 11.7 Å². The van der Waals surface area contributed by atoms with Gasteiger partial charge in [-0.1, -0.05) is 18.2 Å². The van der Waals surface area contributed by atoms with E-state index in [0.717, 1.165) is 40.9 Å². The van der Waals surface area contributed by atoms with Crippen LogP contribution in [0.2, 0.25) is 0 Å². The van der Waals surface area contributed by atoms with Gasteiger partial charge in [0, 0.05) is 24.0 Å². The number of carbonyl (C=O) groups excluding carboxylic acids is 1. The van der Waals surface area contributed by atoms with Crippen LogP contribution >= 0.6 is 0 Å². The lowest BCUT2D eigenvalue weighted by Crippen LogP contribution is -2.39. The molecular formula is C21H29N3O3. The molecule has 6 nitrogen and oxygen atoms in total. The number of para-hydroxylation sites is 1. The number of nitrogens with one attached hydrogen (secondary N) is 1. The maximum absolute atomic E-state index is 12.3. The van der Waals surface area contributed by atoms with Crippen molar-refractivity contribution in [3.8, 4) is 0 Å². The average Bonchev–Trinajstić information content (AvgIpc) is 2.60. The number of ether oxygens (including phenoxy) is 2. The zero-order valence-corrected chi connectivity index (χ0v) is 16.8. The van der Waals surface area contributed by atoms with E-state index in [4.69, 9.17) is 14.5 Å². The van der Waals surface area contributed by atoms with Crippen molar-refractivity contribution in [3.63, 3.8) is 0 Å². The van der Waals surface area contributed by atoms with Gasteiger partial charge in [0.2, 0.25) is 0 Å². The number of alkyl carbamates (subject to hydrolysis) is 1. The van der Waals surface area contributed by atoms with E-state index in [-0.39, 0.29) is 6.04 Å². The lowest BCUT2D eigenvalue weighted by Gasteiger charge is -2.31. The fraction of sp³-hybridized carbons (Fsp3) is 0.524. The number of nitrogens with zero attached hydrogens (tertiary/aromatic N) is 2. The van der Waals surface area contributed by atoms with Crippen LogP contribution in [0.15, 0.2) is 24.3 Å². The molecule has 3 rings (SSSR count). The standard InChI is InChI=1S/C21H29N3O3/c1-14-7-6-8-16-13-17(15(2)22-20(25)27-21(3,4)5)19(23-18(14)16)24-9-11-26-12-10-24/h6-8,13,15H,9-12H2,1-5H3,(H,22,25). The Morgan fingerprint density at radius 3 is 2.67 bits per heavy atom. The molecule has 0 radical (unpaired) electrons. The van der Waals surface area contributed by atoms with Crippen molar-refractivity contribution < 1.29 is 14.3 Å². The Morgan fingerprint density at radius 1 is 1.30 bits per heavy atom. The van der Waals surface area contributed by atoms with Gasteiger partial charge < -0.3 is 19.7 Å². The summed E-state index contributed by atoms with van der Waals surface area (Å²) in [5.41, 5.74) is 2.59. The van der Waals surface area contributed by atoms with E-state index in [1.54, 1.807) is 0 Å². The summed E-state index contributed by atoms with van der Waals surface area (Å²) in [6, 6.07) is 8.06. The number of carbonyl (C=O) groups is 1. The van der Waals surface area contributed by atoms with Crippen molar-refractivity contribution in [2.24, 2.45) is 0 Å². The van der Waals surface area contributed by atoms with Crippen molar-refractivity contribution in [1.82, 2.24) is 10.3 Å². The van der Waals surface area contributed by atoms with Crippen LogP contribution in [-0.2, 0) is 9.47 Å². The molecule has 6 heteroatoms. The van der Waals surface area contributed by atoms with Crippen molar-refractivity contribution in [1.29, 1.82) is 0 Å². The van der Waals surface area contributed by atoms with Crippen LogP contribution in [0.5, 0.6) is 0 Å². The Bertz CT molecular complexity index is 823. The molecule has 1 aliphatic heterocycles. The van der Waals surface area contributed by atoms with Crippen LogP contribution in [0.4, 0.5) is 10.6 Å². The number of morpholine rings is 1. The topological polar surface area (TPSA) is 63.7 Å². The van der Waals surface area contributed by atoms with Crippen LogP contribution in [0.1, 0.15) is 44.9 Å². The Balaban J connectivity index is 1.97. The molecule has 1 aromatic heterocycles. The highest BCUT2D eigenvalue weighted by molar-refractivity contribution is 5.85. The summed E-state index contributed by atoms with van der Waals surface area (Å²) in [5.74, 6) is 0.906. The molecular weight excluding hydrogens is 342 g/mol. The number of hydrogen-bond acceptors (Lipinski definition) is 5. The Hall–Kier alpha value is -2.34. The van der Waals surface area contributed by atoms with Gasteiger partial charge in [-0.05, 0) is 46.2 Å². The van der Waals surface area contributed by atoms with Gasteiger partial charge in [-0.3, -0.25) is 0 Å². The number of fused-ring (bicyclic) bond motifs is 1. The minimum Gasteiger partial charge on any atom is -0.444 e. The van der Waals surface area contributed by atoms with Crippen molar-refractivity contribution in [2.75, 3.05) is 31.2 Å². The summed E-state index contributed by atoms with van der Waals surface area (Å²) in [4.78, 5) is 19.5. The fourth-order valence-electron chi connectivity index (χ4n) is 3.26. The molecule has 0 spiro atoms. The lowest BCUT2D eigenvalue weighted by molar-refractivity contribution is 0.0508. The molecule has 2 aromatic rings. The first-order chi connectivity index (χ1) is 12.7. The maximum Gasteiger partial charge on any atom is 0.408 e. The highest BCUT2D eigenvalue weighted by atomic mass is 16.6. The number of anilines is 1. The Kier molecular flexibility index (Phi) is 5.56. The summed E-state index contributed by atoms with van der Waals surface area (Å²) in [6.07, 6.45) is -0.424. The molecule has 1 fully saturated rings. The zero-order chi connectivity index (χ0) is 19.6. The first kappa shape index (κ1) is 19.4. The van der Waals surface area contributed by atoms with E-state index in [0.29, 0.717) is 13.2 Å². The third-order valence-corrected chi connectivity index (χ3v) is 4.57. The van der Waals surface area contributed by atoms with Gasteiger partial charge in [0.05, 0.1) is 24.8 Å². The fourth-order valence-corrected chi connectivity index (χ4v) is 3.26. The molecule has 1 saturated heterocycles. The molecule has 2 heterocycles. The molecule has 1 aliphatic rings. The van der Waals surface area contributed by atoms with Crippen molar-refractivity contribution in [2.45, 2.75) is 46.3 Å². The monoisotopic (exact) mass is 371 g/mol.